The largest absolute Gasteiger partial charge is 0.396 e. The van der Waals surface area contributed by atoms with Gasteiger partial charge in [0.25, 0.3) is 0 Å². The van der Waals surface area contributed by atoms with Gasteiger partial charge in [0.2, 0.25) is 17.7 Å². The Morgan fingerprint density at radius 1 is 1.02 bits per heavy atom. The highest BCUT2D eigenvalue weighted by molar-refractivity contribution is 5.76. The summed E-state index contributed by atoms with van der Waals surface area (Å²) in [6, 6.07) is -1.01. The number of rotatable bonds is 17. The minimum absolute atomic E-state index is 0.0642. The third-order valence-electron chi connectivity index (χ3n) is 7.71. The maximum absolute atomic E-state index is 12.6. The van der Waals surface area contributed by atoms with Crippen molar-refractivity contribution in [1.82, 2.24) is 15.5 Å². The molecule has 238 valence electrons. The summed E-state index contributed by atoms with van der Waals surface area (Å²) in [4.78, 5) is 38.1. The molecule has 0 radical (unpaired) electrons. The summed E-state index contributed by atoms with van der Waals surface area (Å²) >= 11 is 0. The molecule has 41 heavy (non-hydrogen) atoms. The van der Waals surface area contributed by atoms with E-state index in [1.807, 2.05) is 18.7 Å². The number of hydrogen-bond acceptors (Lipinski definition) is 10. The Kier molecular flexibility index (Phi) is 15.5. The molecule has 6 N–H and O–H groups in total. The van der Waals surface area contributed by atoms with E-state index < -0.39 is 43.2 Å². The molecule has 5 atom stereocenters. The Hall–Kier alpha value is -1.87. The van der Waals surface area contributed by atoms with E-state index in [-0.39, 0.29) is 43.0 Å². The Labute approximate surface area is 242 Å². The van der Waals surface area contributed by atoms with E-state index in [1.165, 1.54) is 6.92 Å². The topological polar surface area (TPSA) is 187 Å². The van der Waals surface area contributed by atoms with Crippen molar-refractivity contribution < 1.29 is 49.0 Å². The van der Waals surface area contributed by atoms with Crippen molar-refractivity contribution >= 4 is 17.7 Å². The van der Waals surface area contributed by atoms with Gasteiger partial charge < -0.3 is 50.2 Å². The van der Waals surface area contributed by atoms with Gasteiger partial charge in [0.05, 0.1) is 32.5 Å². The van der Waals surface area contributed by atoms with Crippen molar-refractivity contribution in [2.45, 2.75) is 109 Å². The molecule has 13 heteroatoms. The smallest absolute Gasteiger partial charge is 0.222 e. The van der Waals surface area contributed by atoms with Gasteiger partial charge in [-0.3, -0.25) is 14.4 Å². The predicted octanol–water partition coefficient (Wildman–Crippen LogP) is -0.570. The molecule has 13 nitrogen and oxygen atoms in total. The Bertz CT molecular complexity index is 806. The Morgan fingerprint density at radius 2 is 1.73 bits per heavy atom. The van der Waals surface area contributed by atoms with Crippen LogP contribution in [0, 0.1) is 5.41 Å². The average Bonchev–Trinajstić information content (AvgIpc) is 2.95. The number of unbranched alkanes of at least 4 members (excludes halogenated alkanes) is 2. The highest BCUT2D eigenvalue weighted by Gasteiger charge is 2.45. The summed E-state index contributed by atoms with van der Waals surface area (Å²) < 4.78 is 16.8. The highest BCUT2D eigenvalue weighted by atomic mass is 16.7. The van der Waals surface area contributed by atoms with Crippen LogP contribution in [0.2, 0.25) is 0 Å². The number of amides is 3. The molecule has 2 saturated heterocycles. The quantitative estimate of drug-likeness (QED) is 0.120. The fraction of sp³-hybridized carbons (Fsp3) is 0.893. The van der Waals surface area contributed by atoms with Crippen LogP contribution < -0.4 is 10.6 Å². The lowest BCUT2D eigenvalue weighted by Crippen LogP contribution is -2.64. The first-order chi connectivity index (χ1) is 19.5. The van der Waals surface area contributed by atoms with Gasteiger partial charge >= 0.3 is 0 Å². The van der Waals surface area contributed by atoms with Gasteiger partial charge in [-0.25, -0.2) is 0 Å². The minimum atomic E-state index is -1.38. The molecule has 3 amide bonds. The van der Waals surface area contributed by atoms with Crippen molar-refractivity contribution in [1.29, 1.82) is 0 Å². The van der Waals surface area contributed by atoms with E-state index in [0.717, 1.165) is 32.1 Å². The number of likely N-dealkylation sites (tertiary alicyclic amines) is 1. The number of nitrogens with one attached hydrogen (secondary N) is 2. The van der Waals surface area contributed by atoms with Crippen LogP contribution in [0.1, 0.15) is 72.1 Å². The van der Waals surface area contributed by atoms with Gasteiger partial charge in [0.1, 0.15) is 24.4 Å². The van der Waals surface area contributed by atoms with Gasteiger partial charge in [0, 0.05) is 44.8 Å². The lowest BCUT2D eigenvalue weighted by Gasteiger charge is -2.42. The summed E-state index contributed by atoms with van der Waals surface area (Å²) in [5, 5.41) is 44.9. The monoisotopic (exact) mass is 589 g/mol. The SMILES string of the molecule is CC(=O)NC1C(OCCCC(=O)NCCCCCC(=O)N2CCC(CO)(COC(C)C)CC2)OC(CO)C(O)C1O. The Morgan fingerprint density at radius 3 is 2.34 bits per heavy atom. The van der Waals surface area contributed by atoms with Crippen LogP contribution in [0.4, 0.5) is 0 Å². The van der Waals surface area contributed by atoms with Gasteiger partial charge in [-0.1, -0.05) is 6.42 Å². The first kappa shape index (κ1) is 35.3. The van der Waals surface area contributed by atoms with Gasteiger partial charge in [-0.05, 0) is 46.0 Å². The molecule has 2 fully saturated rings. The summed E-state index contributed by atoms with van der Waals surface area (Å²) in [5.74, 6) is -0.452. The third kappa shape index (κ3) is 11.7. The zero-order valence-corrected chi connectivity index (χ0v) is 24.8. The maximum Gasteiger partial charge on any atom is 0.222 e. The normalized spacial score (nSPS) is 26.1. The number of aliphatic hydroxyl groups is 4. The van der Waals surface area contributed by atoms with Crippen LogP contribution in [0.5, 0.6) is 0 Å². The summed E-state index contributed by atoms with van der Waals surface area (Å²) in [7, 11) is 0. The standard InChI is InChI=1S/C28H51N3O10/c1-19(2)40-18-28(17-33)10-13-31(14-11-28)23(36)9-5-4-6-12-29-22(35)8-7-15-39-27-24(30-20(3)34)26(38)25(37)21(16-32)41-27/h19,21,24-27,32-33,37-38H,4-18H2,1-3H3,(H,29,35)(H,30,34). The number of nitrogens with zero attached hydrogens (tertiary/aromatic N) is 1. The van der Waals surface area contributed by atoms with Crippen LogP contribution >= 0.6 is 0 Å². The molecule has 0 aromatic carbocycles. The molecule has 2 rings (SSSR count). The first-order valence-corrected chi connectivity index (χ1v) is 14.8. The van der Waals surface area contributed by atoms with E-state index in [9.17, 15) is 34.8 Å². The van der Waals surface area contributed by atoms with Crippen LogP contribution in [0.25, 0.3) is 0 Å². The minimum Gasteiger partial charge on any atom is -0.396 e. The fourth-order valence-electron chi connectivity index (χ4n) is 5.02. The van der Waals surface area contributed by atoms with Crippen molar-refractivity contribution in [2.24, 2.45) is 5.41 Å². The molecule has 2 aliphatic rings. The number of carbonyl (C=O) groups excluding carboxylic acids is 3. The average molecular weight is 590 g/mol. The number of aliphatic hydroxyl groups excluding tert-OH is 4. The van der Waals surface area contributed by atoms with E-state index >= 15 is 0 Å². The first-order valence-electron chi connectivity index (χ1n) is 14.8. The van der Waals surface area contributed by atoms with Gasteiger partial charge in [-0.2, -0.15) is 0 Å². The van der Waals surface area contributed by atoms with Crippen molar-refractivity contribution in [3.05, 3.63) is 0 Å². The van der Waals surface area contributed by atoms with Crippen molar-refractivity contribution in [3.8, 4) is 0 Å². The molecular weight excluding hydrogens is 538 g/mol. The van der Waals surface area contributed by atoms with Gasteiger partial charge in [0.15, 0.2) is 6.29 Å². The number of hydrogen-bond donors (Lipinski definition) is 6. The molecule has 0 spiro atoms. The zero-order valence-electron chi connectivity index (χ0n) is 24.8. The Balaban J connectivity index is 1.56. The summed E-state index contributed by atoms with van der Waals surface area (Å²) in [6.45, 7) is 7.13. The van der Waals surface area contributed by atoms with E-state index in [2.05, 4.69) is 10.6 Å². The van der Waals surface area contributed by atoms with E-state index in [0.29, 0.717) is 39.1 Å². The number of piperidine rings is 1. The third-order valence-corrected chi connectivity index (χ3v) is 7.71. The molecule has 0 aliphatic carbocycles. The van der Waals surface area contributed by atoms with Crippen LogP contribution in [-0.2, 0) is 28.6 Å². The lowest BCUT2D eigenvalue weighted by molar-refractivity contribution is -0.270. The molecule has 2 heterocycles. The molecule has 0 saturated carbocycles. The van der Waals surface area contributed by atoms with Crippen LogP contribution in [0.15, 0.2) is 0 Å². The molecule has 0 bridgehead atoms. The van der Waals surface area contributed by atoms with E-state index in [4.69, 9.17) is 14.2 Å². The summed E-state index contributed by atoms with van der Waals surface area (Å²) in [5.41, 5.74) is -0.265. The zero-order chi connectivity index (χ0) is 30.4. The van der Waals surface area contributed by atoms with Gasteiger partial charge in [-0.15, -0.1) is 0 Å². The lowest BCUT2D eigenvalue weighted by atomic mass is 9.79. The van der Waals surface area contributed by atoms with Crippen molar-refractivity contribution in [2.75, 3.05) is 46.1 Å². The molecular formula is C28H51N3O10. The maximum atomic E-state index is 12.6. The number of carbonyl (C=O) groups is 3. The second kappa shape index (κ2) is 17.9. The second-order valence-electron chi connectivity index (χ2n) is 11.5. The molecule has 0 aromatic heterocycles. The van der Waals surface area contributed by atoms with E-state index in [1.54, 1.807) is 0 Å². The van der Waals surface area contributed by atoms with Crippen LogP contribution in [-0.4, -0.2) is 126 Å². The van der Waals surface area contributed by atoms with Crippen molar-refractivity contribution in [3.63, 3.8) is 0 Å². The second-order valence-corrected chi connectivity index (χ2v) is 11.5. The molecule has 2 aliphatic heterocycles. The summed E-state index contributed by atoms with van der Waals surface area (Å²) in [6.07, 6.45) is 0.0242. The highest BCUT2D eigenvalue weighted by Crippen LogP contribution is 2.32. The van der Waals surface area contributed by atoms with Crippen LogP contribution in [0.3, 0.4) is 0 Å². The molecule has 5 unspecified atom stereocenters. The molecule has 0 aromatic rings. The predicted molar refractivity (Wildman–Crippen MR) is 148 cm³/mol. The fourth-order valence-corrected chi connectivity index (χ4v) is 5.02. The number of ether oxygens (including phenoxy) is 3.